The number of hydrazone groups is 1. The third-order valence-electron chi connectivity index (χ3n) is 2.96. The Bertz CT molecular complexity index is 771. The highest BCUT2D eigenvalue weighted by molar-refractivity contribution is 7.80. The number of anilines is 1. The molecule has 2 aromatic carbocycles. The van der Waals surface area contributed by atoms with Crippen LogP contribution in [0.25, 0.3) is 0 Å². The summed E-state index contributed by atoms with van der Waals surface area (Å²) >= 11 is 11.2. The average molecular weight is 368 g/mol. The predicted molar refractivity (Wildman–Crippen MR) is 97.9 cm³/mol. The largest absolute Gasteiger partial charge is 0.493 e. The van der Waals surface area contributed by atoms with Gasteiger partial charge >= 0.3 is 0 Å². The van der Waals surface area contributed by atoms with Gasteiger partial charge in [-0.3, -0.25) is 5.43 Å². The fraction of sp³-hybridized carbons (Fsp3) is 0.125. The van der Waals surface area contributed by atoms with Gasteiger partial charge in [-0.25, -0.2) is 4.39 Å². The first kappa shape index (κ1) is 18.0. The minimum atomic E-state index is -0.405. The molecule has 0 amide bonds. The topological polar surface area (TPSA) is 54.9 Å². The van der Waals surface area contributed by atoms with Gasteiger partial charge in [-0.05, 0) is 42.0 Å². The Hall–Kier alpha value is -2.38. The summed E-state index contributed by atoms with van der Waals surface area (Å²) in [6, 6.07) is 9.57. The number of nitrogens with zero attached hydrogens (tertiary/aromatic N) is 1. The molecule has 0 atom stereocenters. The molecule has 0 saturated carbocycles. The van der Waals surface area contributed by atoms with E-state index in [2.05, 4.69) is 15.8 Å². The van der Waals surface area contributed by atoms with E-state index in [1.165, 1.54) is 26.5 Å². The van der Waals surface area contributed by atoms with Crippen LogP contribution in [0.15, 0.2) is 41.5 Å². The van der Waals surface area contributed by atoms with Crippen molar-refractivity contribution in [3.8, 4) is 11.5 Å². The second-order valence-corrected chi connectivity index (χ2v) is 5.36. The van der Waals surface area contributed by atoms with Crippen molar-refractivity contribution in [2.24, 2.45) is 5.10 Å². The van der Waals surface area contributed by atoms with E-state index < -0.39 is 5.82 Å². The summed E-state index contributed by atoms with van der Waals surface area (Å²) in [5.41, 5.74) is 3.54. The molecule has 2 N–H and O–H groups in total. The fourth-order valence-electron chi connectivity index (χ4n) is 1.89. The van der Waals surface area contributed by atoms with Crippen LogP contribution in [0, 0.1) is 5.82 Å². The number of benzene rings is 2. The molecule has 0 spiro atoms. The van der Waals surface area contributed by atoms with Crippen molar-refractivity contribution in [1.29, 1.82) is 0 Å². The number of methoxy groups -OCH3 is 2. The maximum Gasteiger partial charge on any atom is 0.191 e. The molecule has 0 unspecified atom stereocenters. The zero-order valence-corrected chi connectivity index (χ0v) is 14.5. The summed E-state index contributed by atoms with van der Waals surface area (Å²) in [4.78, 5) is 0. The Labute approximate surface area is 149 Å². The molecule has 0 saturated heterocycles. The molecular formula is C16H15ClFN3O2S. The van der Waals surface area contributed by atoms with Gasteiger partial charge in [0.1, 0.15) is 5.82 Å². The highest BCUT2D eigenvalue weighted by Crippen LogP contribution is 2.35. The highest BCUT2D eigenvalue weighted by Gasteiger charge is 2.10. The normalized spacial score (nSPS) is 10.5. The van der Waals surface area contributed by atoms with Crippen LogP contribution in [0.5, 0.6) is 11.5 Å². The standard InChI is InChI=1S/C16H15ClFN3O2S/c1-22-14-8-10(7-11(17)15(14)23-2)9-19-21-16(24)20-13-6-4-3-5-12(13)18/h3-9H,1-2H3,(H2,20,21,24)/b19-9-. The lowest BCUT2D eigenvalue weighted by Gasteiger charge is -2.10. The van der Waals surface area contributed by atoms with Crippen LogP contribution in [-0.2, 0) is 0 Å². The summed E-state index contributed by atoms with van der Waals surface area (Å²) in [5, 5.41) is 7.24. The molecule has 2 rings (SSSR count). The van der Waals surface area contributed by atoms with Crippen LogP contribution in [0.2, 0.25) is 5.02 Å². The first-order chi connectivity index (χ1) is 11.5. The molecule has 5 nitrogen and oxygen atoms in total. The van der Waals surface area contributed by atoms with Crippen LogP contribution in [0.3, 0.4) is 0 Å². The molecule has 126 valence electrons. The molecule has 0 radical (unpaired) electrons. The van der Waals surface area contributed by atoms with E-state index in [0.717, 1.165) is 0 Å². The molecule has 0 aliphatic carbocycles. The van der Waals surface area contributed by atoms with E-state index in [-0.39, 0.29) is 10.8 Å². The number of thiocarbonyl (C=S) groups is 1. The summed E-state index contributed by atoms with van der Waals surface area (Å²) in [7, 11) is 3.02. The van der Waals surface area contributed by atoms with E-state index in [1.54, 1.807) is 30.3 Å². The van der Waals surface area contributed by atoms with Gasteiger partial charge in [-0.2, -0.15) is 5.10 Å². The Morgan fingerprint density at radius 1 is 1.25 bits per heavy atom. The van der Waals surface area contributed by atoms with E-state index in [9.17, 15) is 4.39 Å². The minimum Gasteiger partial charge on any atom is -0.493 e. The smallest absolute Gasteiger partial charge is 0.191 e. The van der Waals surface area contributed by atoms with Gasteiger partial charge in [0.25, 0.3) is 0 Å². The van der Waals surface area contributed by atoms with Crippen LogP contribution < -0.4 is 20.2 Å². The summed E-state index contributed by atoms with van der Waals surface area (Å²) in [5.74, 6) is 0.525. The number of rotatable bonds is 5. The van der Waals surface area contributed by atoms with Gasteiger partial charge in [0.2, 0.25) is 0 Å². The predicted octanol–water partition coefficient (Wildman–Crippen LogP) is 3.82. The quantitative estimate of drug-likeness (QED) is 0.478. The minimum absolute atomic E-state index is 0.155. The number of hydrogen-bond donors (Lipinski definition) is 2. The van der Waals surface area contributed by atoms with Crippen molar-refractivity contribution in [3.63, 3.8) is 0 Å². The number of halogens is 2. The second kappa shape index (κ2) is 8.47. The van der Waals surface area contributed by atoms with Gasteiger partial charge in [0, 0.05) is 0 Å². The number of para-hydroxylation sites is 1. The van der Waals surface area contributed by atoms with Gasteiger partial charge < -0.3 is 14.8 Å². The molecule has 24 heavy (non-hydrogen) atoms. The first-order valence-electron chi connectivity index (χ1n) is 6.81. The summed E-state index contributed by atoms with van der Waals surface area (Å²) < 4.78 is 23.9. The Balaban J connectivity index is 2.02. The van der Waals surface area contributed by atoms with E-state index >= 15 is 0 Å². The second-order valence-electron chi connectivity index (χ2n) is 4.54. The van der Waals surface area contributed by atoms with Gasteiger partial charge in [0.05, 0.1) is 31.1 Å². The Morgan fingerprint density at radius 3 is 2.67 bits per heavy atom. The fourth-order valence-corrected chi connectivity index (χ4v) is 2.35. The van der Waals surface area contributed by atoms with Crippen molar-refractivity contribution in [2.45, 2.75) is 0 Å². The summed E-state index contributed by atoms with van der Waals surface area (Å²) in [6.07, 6.45) is 1.50. The van der Waals surface area contributed by atoms with Crippen molar-refractivity contribution in [3.05, 3.63) is 52.8 Å². The average Bonchev–Trinajstić information content (AvgIpc) is 2.56. The zero-order valence-electron chi connectivity index (χ0n) is 13.0. The third-order valence-corrected chi connectivity index (χ3v) is 3.43. The van der Waals surface area contributed by atoms with Gasteiger partial charge in [-0.15, -0.1) is 0 Å². The van der Waals surface area contributed by atoms with Crippen molar-refractivity contribution in [1.82, 2.24) is 5.43 Å². The van der Waals surface area contributed by atoms with Crippen LogP contribution in [0.4, 0.5) is 10.1 Å². The first-order valence-corrected chi connectivity index (χ1v) is 7.60. The van der Waals surface area contributed by atoms with E-state index in [0.29, 0.717) is 22.1 Å². The monoisotopic (exact) mass is 367 g/mol. The van der Waals surface area contributed by atoms with Gasteiger partial charge in [-0.1, -0.05) is 23.7 Å². The molecule has 2 aromatic rings. The Morgan fingerprint density at radius 2 is 2.00 bits per heavy atom. The van der Waals surface area contributed by atoms with Crippen molar-refractivity contribution < 1.29 is 13.9 Å². The number of hydrogen-bond acceptors (Lipinski definition) is 4. The van der Waals surface area contributed by atoms with Crippen molar-refractivity contribution in [2.75, 3.05) is 19.5 Å². The highest BCUT2D eigenvalue weighted by atomic mass is 35.5. The number of nitrogens with one attached hydrogen (secondary N) is 2. The SMILES string of the molecule is COc1cc(/C=N\NC(=S)Nc2ccccc2F)cc(Cl)c1OC. The lowest BCUT2D eigenvalue weighted by molar-refractivity contribution is 0.355. The maximum absolute atomic E-state index is 13.5. The lowest BCUT2D eigenvalue weighted by Crippen LogP contribution is -2.24. The molecule has 0 heterocycles. The van der Waals surface area contributed by atoms with Crippen LogP contribution in [0.1, 0.15) is 5.56 Å². The molecule has 0 fully saturated rings. The molecule has 0 aliphatic heterocycles. The van der Waals surface area contributed by atoms with Crippen LogP contribution in [-0.4, -0.2) is 25.5 Å². The molecule has 8 heteroatoms. The number of ether oxygens (including phenoxy) is 2. The Kier molecular flexibility index (Phi) is 6.34. The molecule has 0 bridgehead atoms. The summed E-state index contributed by atoms with van der Waals surface area (Å²) in [6.45, 7) is 0. The zero-order chi connectivity index (χ0) is 17.5. The van der Waals surface area contributed by atoms with E-state index in [1.807, 2.05) is 0 Å². The third kappa shape index (κ3) is 4.56. The maximum atomic E-state index is 13.5. The van der Waals surface area contributed by atoms with E-state index in [4.69, 9.17) is 33.3 Å². The molecule has 0 aromatic heterocycles. The van der Waals surface area contributed by atoms with Gasteiger partial charge in [0.15, 0.2) is 16.6 Å². The van der Waals surface area contributed by atoms with Crippen molar-refractivity contribution >= 4 is 40.8 Å². The molecule has 0 aliphatic rings. The molecular weight excluding hydrogens is 353 g/mol. The lowest BCUT2D eigenvalue weighted by atomic mass is 10.2. The van der Waals surface area contributed by atoms with Crippen LogP contribution >= 0.6 is 23.8 Å².